The van der Waals surface area contributed by atoms with Gasteiger partial charge in [0.15, 0.2) is 0 Å². The predicted molar refractivity (Wildman–Crippen MR) is 108 cm³/mol. The number of anilines is 2. The molecule has 1 unspecified atom stereocenters. The summed E-state index contributed by atoms with van der Waals surface area (Å²) in [6.07, 6.45) is 7.47. The van der Waals surface area contributed by atoms with Gasteiger partial charge in [-0.25, -0.2) is 15.0 Å². The van der Waals surface area contributed by atoms with Crippen LogP contribution in [0.5, 0.6) is 5.75 Å². The lowest BCUT2D eigenvalue weighted by molar-refractivity contribution is 0.168. The second-order valence-corrected chi connectivity index (χ2v) is 7.07. The highest BCUT2D eigenvalue weighted by Crippen LogP contribution is 2.24. The van der Waals surface area contributed by atoms with Crippen molar-refractivity contribution in [2.45, 2.75) is 32.3 Å². The first-order valence-corrected chi connectivity index (χ1v) is 9.64. The molecule has 148 valence electrons. The Morgan fingerprint density at radius 3 is 2.86 bits per heavy atom. The van der Waals surface area contributed by atoms with E-state index in [1.54, 1.807) is 18.5 Å². The third kappa shape index (κ3) is 5.91. The minimum absolute atomic E-state index is 0.0783. The number of pyridine rings is 1. The molecule has 1 saturated heterocycles. The lowest BCUT2D eigenvalue weighted by Crippen LogP contribution is -2.29. The summed E-state index contributed by atoms with van der Waals surface area (Å²) >= 11 is 0. The molecule has 1 aliphatic heterocycles. The maximum absolute atomic E-state index is 9.18. The summed E-state index contributed by atoms with van der Waals surface area (Å²) in [5.74, 6) is 8.99. The van der Waals surface area contributed by atoms with E-state index >= 15 is 0 Å². The molecule has 28 heavy (non-hydrogen) atoms. The zero-order valence-electron chi connectivity index (χ0n) is 16.4. The second kappa shape index (κ2) is 10.0. The molecule has 0 spiro atoms. The van der Waals surface area contributed by atoms with Gasteiger partial charge in [0.1, 0.15) is 23.7 Å². The maximum atomic E-state index is 9.18. The summed E-state index contributed by atoms with van der Waals surface area (Å²) in [7, 11) is 2.14. The normalized spacial score (nSPS) is 16.1. The van der Waals surface area contributed by atoms with E-state index in [2.05, 4.69) is 44.1 Å². The van der Waals surface area contributed by atoms with E-state index in [-0.39, 0.29) is 12.7 Å². The van der Waals surface area contributed by atoms with Crippen LogP contribution in [0, 0.1) is 17.8 Å². The van der Waals surface area contributed by atoms with E-state index < -0.39 is 0 Å². The van der Waals surface area contributed by atoms with Crippen molar-refractivity contribution >= 4 is 11.6 Å². The summed E-state index contributed by atoms with van der Waals surface area (Å²) < 4.78 is 6.04. The van der Waals surface area contributed by atoms with Crippen LogP contribution in [-0.2, 0) is 0 Å². The van der Waals surface area contributed by atoms with Crippen molar-refractivity contribution < 1.29 is 9.84 Å². The summed E-state index contributed by atoms with van der Waals surface area (Å²) in [5.41, 5.74) is 0.761. The van der Waals surface area contributed by atoms with Crippen LogP contribution in [0.1, 0.15) is 31.7 Å². The number of nitrogens with zero attached hydrogens (tertiary/aromatic N) is 4. The van der Waals surface area contributed by atoms with E-state index in [9.17, 15) is 5.11 Å². The number of piperidine rings is 1. The minimum Gasteiger partial charge on any atom is -0.489 e. The van der Waals surface area contributed by atoms with E-state index in [0.717, 1.165) is 31.5 Å². The molecule has 2 aromatic rings. The molecule has 0 aliphatic carbocycles. The van der Waals surface area contributed by atoms with Crippen LogP contribution in [0.2, 0.25) is 0 Å². The highest BCUT2D eigenvalue weighted by Gasteiger charge is 2.15. The van der Waals surface area contributed by atoms with Gasteiger partial charge >= 0.3 is 0 Å². The van der Waals surface area contributed by atoms with Crippen molar-refractivity contribution in [2.24, 2.45) is 5.92 Å². The molecule has 0 amide bonds. The number of hydrogen-bond donors (Lipinski definition) is 2. The Hall–Kier alpha value is -2.69. The SMILES string of the molecule is CC(CCO)Oc1cc(Nc2ccncn2)ncc1C#CC1CCN(C)CC1. The first kappa shape index (κ1) is 20.1. The summed E-state index contributed by atoms with van der Waals surface area (Å²) in [5, 5.41) is 12.3. The Labute approximate surface area is 166 Å². The topological polar surface area (TPSA) is 83.4 Å². The first-order valence-electron chi connectivity index (χ1n) is 9.64. The fourth-order valence-electron chi connectivity index (χ4n) is 2.98. The number of nitrogens with one attached hydrogen (secondary N) is 1. The second-order valence-electron chi connectivity index (χ2n) is 7.07. The molecule has 0 aromatic carbocycles. The van der Waals surface area contributed by atoms with Gasteiger partial charge in [0.05, 0.1) is 11.7 Å². The molecule has 7 heteroatoms. The van der Waals surface area contributed by atoms with Crippen LogP contribution in [-0.4, -0.2) is 57.8 Å². The predicted octanol–water partition coefficient (Wildman–Crippen LogP) is 2.46. The van der Waals surface area contributed by atoms with E-state index in [4.69, 9.17) is 4.74 Å². The fraction of sp³-hybridized carbons (Fsp3) is 0.476. The quantitative estimate of drug-likeness (QED) is 0.744. The molecule has 3 rings (SSSR count). The van der Waals surface area contributed by atoms with Gasteiger partial charge < -0.3 is 20.1 Å². The summed E-state index contributed by atoms with van der Waals surface area (Å²) in [6.45, 7) is 4.17. The van der Waals surface area contributed by atoms with Crippen LogP contribution >= 0.6 is 0 Å². The maximum Gasteiger partial charge on any atom is 0.140 e. The number of aliphatic hydroxyl groups excluding tert-OH is 1. The van der Waals surface area contributed by atoms with Gasteiger partial charge in [0.25, 0.3) is 0 Å². The molecule has 0 bridgehead atoms. The van der Waals surface area contributed by atoms with Crippen molar-refractivity contribution in [3.63, 3.8) is 0 Å². The monoisotopic (exact) mass is 381 g/mol. The van der Waals surface area contributed by atoms with Crippen LogP contribution in [0.25, 0.3) is 0 Å². The first-order chi connectivity index (χ1) is 13.6. The van der Waals surface area contributed by atoms with E-state index in [1.807, 2.05) is 13.0 Å². The van der Waals surface area contributed by atoms with Crippen molar-refractivity contribution in [3.05, 3.63) is 36.4 Å². The lowest BCUT2D eigenvalue weighted by Gasteiger charge is -2.25. The Morgan fingerprint density at radius 2 is 2.14 bits per heavy atom. The number of hydrogen-bond acceptors (Lipinski definition) is 7. The highest BCUT2D eigenvalue weighted by molar-refractivity contribution is 5.57. The molecular formula is C21H27N5O2. The minimum atomic E-state index is -0.122. The largest absolute Gasteiger partial charge is 0.489 e. The Balaban J connectivity index is 1.79. The number of rotatable bonds is 6. The van der Waals surface area contributed by atoms with Crippen molar-refractivity contribution in [3.8, 4) is 17.6 Å². The Morgan fingerprint density at radius 1 is 1.32 bits per heavy atom. The van der Waals surface area contributed by atoms with Crippen LogP contribution in [0.15, 0.2) is 30.9 Å². The molecule has 1 atom stereocenters. The zero-order chi connectivity index (χ0) is 19.8. The number of ether oxygens (including phenoxy) is 1. The number of likely N-dealkylation sites (tertiary alicyclic amines) is 1. The zero-order valence-corrected chi connectivity index (χ0v) is 16.4. The van der Waals surface area contributed by atoms with Gasteiger partial charge in [-0.1, -0.05) is 11.8 Å². The molecule has 2 N–H and O–H groups in total. The molecule has 1 fully saturated rings. The van der Waals surface area contributed by atoms with Gasteiger partial charge in [-0.15, -0.1) is 0 Å². The average Bonchev–Trinajstić information content (AvgIpc) is 2.70. The molecular weight excluding hydrogens is 354 g/mol. The molecule has 0 radical (unpaired) electrons. The molecule has 0 saturated carbocycles. The lowest BCUT2D eigenvalue weighted by atomic mass is 9.97. The number of aliphatic hydroxyl groups is 1. The van der Waals surface area contributed by atoms with Crippen molar-refractivity contribution in [1.82, 2.24) is 19.9 Å². The van der Waals surface area contributed by atoms with Gasteiger partial charge in [-0.3, -0.25) is 0 Å². The van der Waals surface area contributed by atoms with Crippen LogP contribution in [0.3, 0.4) is 0 Å². The van der Waals surface area contributed by atoms with Crippen LogP contribution in [0.4, 0.5) is 11.6 Å². The molecule has 1 aliphatic rings. The van der Waals surface area contributed by atoms with E-state index in [0.29, 0.717) is 29.7 Å². The average molecular weight is 381 g/mol. The van der Waals surface area contributed by atoms with Crippen LogP contribution < -0.4 is 10.1 Å². The van der Waals surface area contributed by atoms with E-state index in [1.165, 1.54) is 6.33 Å². The van der Waals surface area contributed by atoms with Gasteiger partial charge in [0, 0.05) is 37.4 Å². The van der Waals surface area contributed by atoms with Crippen molar-refractivity contribution in [2.75, 3.05) is 32.1 Å². The van der Waals surface area contributed by atoms with Gasteiger partial charge in [-0.05, 0) is 46.0 Å². The fourth-order valence-corrected chi connectivity index (χ4v) is 2.98. The Bertz CT molecular complexity index is 811. The third-order valence-electron chi connectivity index (χ3n) is 4.70. The van der Waals surface area contributed by atoms with Gasteiger partial charge in [0.2, 0.25) is 0 Å². The van der Waals surface area contributed by atoms with Crippen molar-refractivity contribution in [1.29, 1.82) is 0 Å². The Kier molecular flexibility index (Phi) is 7.18. The molecule has 3 heterocycles. The standard InChI is InChI=1S/C21H27N5O2/c1-16(8-12-27)28-19-13-21(25-20-5-9-22-15-24-20)23-14-18(19)4-3-17-6-10-26(2)11-7-17/h5,9,13-17,27H,6-8,10-12H2,1-2H3,(H,22,23,24,25). The summed E-state index contributed by atoms with van der Waals surface area (Å²) in [4.78, 5) is 14.8. The number of aromatic nitrogens is 3. The van der Waals surface area contributed by atoms with Gasteiger partial charge in [-0.2, -0.15) is 0 Å². The molecule has 7 nitrogen and oxygen atoms in total. The third-order valence-corrected chi connectivity index (χ3v) is 4.70. The highest BCUT2D eigenvalue weighted by atomic mass is 16.5. The molecule has 2 aromatic heterocycles. The summed E-state index contributed by atoms with van der Waals surface area (Å²) in [6, 6.07) is 3.60. The smallest absolute Gasteiger partial charge is 0.140 e.